The van der Waals surface area contributed by atoms with E-state index in [9.17, 15) is 9.59 Å². The Morgan fingerprint density at radius 2 is 1.73 bits per heavy atom. The molecule has 5 nitrogen and oxygen atoms in total. The maximum absolute atomic E-state index is 15.4. The minimum atomic E-state index is -0.989. The number of halogens is 1. The SMILES string of the molecule is CCCCCCCNC(=O)N(C)c1c(-c2ccccc2)ccc(CCC(=O)O)c1F. The Balaban J connectivity index is 2.24. The molecular formula is C24H31FN2O3. The molecule has 0 aliphatic heterocycles. The first-order valence-corrected chi connectivity index (χ1v) is 10.6. The first kappa shape index (κ1) is 23.4. The number of carbonyl (C=O) groups excluding carboxylic acids is 1. The van der Waals surface area contributed by atoms with E-state index in [1.54, 1.807) is 12.1 Å². The molecule has 30 heavy (non-hydrogen) atoms. The number of aliphatic carboxylic acids is 1. The van der Waals surface area contributed by atoms with Gasteiger partial charge in [-0.25, -0.2) is 9.18 Å². The highest BCUT2D eigenvalue weighted by Gasteiger charge is 2.22. The van der Waals surface area contributed by atoms with Crippen molar-refractivity contribution in [3.8, 4) is 11.1 Å². The Morgan fingerprint density at radius 1 is 1.03 bits per heavy atom. The van der Waals surface area contributed by atoms with Gasteiger partial charge in [-0.1, -0.05) is 75.1 Å². The molecule has 0 unspecified atom stereocenters. The Labute approximate surface area is 177 Å². The van der Waals surface area contributed by atoms with E-state index in [1.807, 2.05) is 30.3 Å². The summed E-state index contributed by atoms with van der Waals surface area (Å²) in [6.07, 6.45) is 5.31. The van der Waals surface area contributed by atoms with Gasteiger partial charge in [0.15, 0.2) is 5.82 Å². The number of nitrogens with one attached hydrogen (secondary N) is 1. The average molecular weight is 415 g/mol. The lowest BCUT2D eigenvalue weighted by molar-refractivity contribution is -0.136. The van der Waals surface area contributed by atoms with Crippen LogP contribution in [0.3, 0.4) is 0 Å². The van der Waals surface area contributed by atoms with Gasteiger partial charge in [0.1, 0.15) is 0 Å². The summed E-state index contributed by atoms with van der Waals surface area (Å²) in [6, 6.07) is 12.3. The topological polar surface area (TPSA) is 69.6 Å². The van der Waals surface area contributed by atoms with Gasteiger partial charge in [-0.3, -0.25) is 9.69 Å². The highest BCUT2D eigenvalue weighted by atomic mass is 19.1. The fourth-order valence-electron chi connectivity index (χ4n) is 3.36. The quantitative estimate of drug-likeness (QED) is 0.469. The highest BCUT2D eigenvalue weighted by Crippen LogP contribution is 2.35. The summed E-state index contributed by atoms with van der Waals surface area (Å²) in [5.41, 5.74) is 1.82. The molecule has 2 amide bonds. The summed E-state index contributed by atoms with van der Waals surface area (Å²) in [5.74, 6) is -1.55. The predicted octanol–water partition coefficient (Wildman–Crippen LogP) is 5.63. The van der Waals surface area contributed by atoms with E-state index >= 15 is 4.39 Å². The van der Waals surface area contributed by atoms with Crippen molar-refractivity contribution in [2.75, 3.05) is 18.5 Å². The lowest BCUT2D eigenvalue weighted by Crippen LogP contribution is -2.38. The van der Waals surface area contributed by atoms with Crippen molar-refractivity contribution in [2.45, 2.75) is 51.9 Å². The third-order valence-corrected chi connectivity index (χ3v) is 5.09. The fourth-order valence-corrected chi connectivity index (χ4v) is 3.36. The summed E-state index contributed by atoms with van der Waals surface area (Å²) in [7, 11) is 1.54. The van der Waals surface area contributed by atoms with Gasteiger partial charge in [0.25, 0.3) is 0 Å². The monoisotopic (exact) mass is 414 g/mol. The molecule has 0 saturated carbocycles. The van der Waals surface area contributed by atoms with Gasteiger partial charge in [-0.15, -0.1) is 0 Å². The second kappa shape index (κ2) is 12.0. The second-order valence-corrected chi connectivity index (χ2v) is 7.40. The first-order valence-electron chi connectivity index (χ1n) is 10.6. The molecule has 2 aromatic rings. The van der Waals surface area contributed by atoms with E-state index in [0.29, 0.717) is 12.1 Å². The molecule has 0 radical (unpaired) electrons. The Hall–Kier alpha value is -2.89. The standard InChI is InChI=1S/C24H31FN2O3/c1-3-4-5-6-10-17-26-24(30)27(2)23-20(18-11-8-7-9-12-18)15-13-19(22(23)25)14-16-21(28)29/h7-9,11-13,15H,3-6,10,14,16-17H2,1-2H3,(H,26,30)(H,28,29). The van der Waals surface area contributed by atoms with Crippen LogP contribution in [0.4, 0.5) is 14.9 Å². The Morgan fingerprint density at radius 3 is 2.40 bits per heavy atom. The van der Waals surface area contributed by atoms with Gasteiger partial charge < -0.3 is 10.4 Å². The molecule has 0 aliphatic rings. The van der Waals surface area contributed by atoms with Crippen molar-refractivity contribution >= 4 is 17.7 Å². The number of carboxylic acids is 1. The molecule has 2 aromatic carbocycles. The molecule has 2 rings (SSSR count). The van der Waals surface area contributed by atoms with Crippen LogP contribution in [-0.4, -0.2) is 30.7 Å². The number of amides is 2. The van der Waals surface area contributed by atoms with Crippen molar-refractivity contribution in [1.82, 2.24) is 5.32 Å². The van der Waals surface area contributed by atoms with Gasteiger partial charge in [0.2, 0.25) is 0 Å². The maximum atomic E-state index is 15.4. The van der Waals surface area contributed by atoms with Crippen LogP contribution in [0.2, 0.25) is 0 Å². The van der Waals surface area contributed by atoms with E-state index < -0.39 is 11.8 Å². The molecule has 6 heteroatoms. The number of carboxylic acid groups (broad SMARTS) is 1. The summed E-state index contributed by atoms with van der Waals surface area (Å²) in [6.45, 7) is 2.69. The molecule has 0 heterocycles. The van der Waals surface area contributed by atoms with Crippen LogP contribution in [0.25, 0.3) is 11.1 Å². The van der Waals surface area contributed by atoms with Crippen molar-refractivity contribution in [1.29, 1.82) is 0 Å². The van der Waals surface area contributed by atoms with Crippen LogP contribution in [0.1, 0.15) is 51.0 Å². The number of hydrogen-bond donors (Lipinski definition) is 2. The number of aryl methyl sites for hydroxylation is 1. The molecule has 0 fully saturated rings. The minimum absolute atomic E-state index is 0.0656. The number of urea groups is 1. The van der Waals surface area contributed by atoms with Gasteiger partial charge in [-0.05, 0) is 24.0 Å². The third-order valence-electron chi connectivity index (χ3n) is 5.09. The number of hydrogen-bond acceptors (Lipinski definition) is 2. The highest BCUT2D eigenvalue weighted by molar-refractivity contribution is 5.96. The van der Waals surface area contributed by atoms with Crippen LogP contribution in [-0.2, 0) is 11.2 Å². The summed E-state index contributed by atoms with van der Waals surface area (Å²) in [4.78, 5) is 24.9. The largest absolute Gasteiger partial charge is 0.481 e. The van der Waals surface area contributed by atoms with Crippen molar-refractivity contribution in [3.63, 3.8) is 0 Å². The molecule has 0 bridgehead atoms. The normalized spacial score (nSPS) is 10.6. The lowest BCUT2D eigenvalue weighted by atomic mass is 9.98. The van der Waals surface area contributed by atoms with E-state index in [4.69, 9.17) is 5.11 Å². The number of unbranched alkanes of at least 4 members (excludes halogenated alkanes) is 4. The Bertz CT molecular complexity index is 840. The Kier molecular flexibility index (Phi) is 9.32. The third kappa shape index (κ3) is 6.58. The number of rotatable bonds is 11. The van der Waals surface area contributed by atoms with Gasteiger partial charge in [0, 0.05) is 25.6 Å². The van der Waals surface area contributed by atoms with Crippen LogP contribution < -0.4 is 10.2 Å². The van der Waals surface area contributed by atoms with Crippen LogP contribution in [0.5, 0.6) is 0 Å². The fraction of sp³-hybridized carbons (Fsp3) is 0.417. The van der Waals surface area contributed by atoms with Gasteiger partial charge in [0.05, 0.1) is 5.69 Å². The molecule has 0 atom stereocenters. The zero-order chi connectivity index (χ0) is 21.9. The van der Waals surface area contributed by atoms with Gasteiger partial charge >= 0.3 is 12.0 Å². The van der Waals surface area contributed by atoms with Gasteiger partial charge in [-0.2, -0.15) is 0 Å². The summed E-state index contributed by atoms with van der Waals surface area (Å²) < 4.78 is 15.4. The summed E-state index contributed by atoms with van der Waals surface area (Å²) in [5, 5.41) is 11.8. The summed E-state index contributed by atoms with van der Waals surface area (Å²) >= 11 is 0. The molecule has 0 aliphatic carbocycles. The molecule has 0 spiro atoms. The van der Waals surface area contributed by atoms with Crippen LogP contribution in [0, 0.1) is 5.82 Å². The van der Waals surface area contributed by atoms with E-state index in [0.717, 1.165) is 31.2 Å². The number of nitrogens with zero attached hydrogens (tertiary/aromatic N) is 1. The van der Waals surface area contributed by atoms with Crippen LogP contribution >= 0.6 is 0 Å². The maximum Gasteiger partial charge on any atom is 0.321 e. The van der Waals surface area contributed by atoms with E-state index in [-0.39, 0.29) is 30.1 Å². The van der Waals surface area contributed by atoms with E-state index in [1.165, 1.54) is 18.4 Å². The van der Waals surface area contributed by atoms with Crippen molar-refractivity contribution in [2.24, 2.45) is 0 Å². The number of carbonyl (C=O) groups is 2. The molecular weight excluding hydrogens is 383 g/mol. The average Bonchev–Trinajstić information content (AvgIpc) is 2.75. The van der Waals surface area contributed by atoms with Crippen molar-refractivity contribution < 1.29 is 19.1 Å². The molecule has 2 N–H and O–H groups in total. The minimum Gasteiger partial charge on any atom is -0.481 e. The van der Waals surface area contributed by atoms with Crippen LogP contribution in [0.15, 0.2) is 42.5 Å². The number of anilines is 1. The van der Waals surface area contributed by atoms with Crippen molar-refractivity contribution in [3.05, 3.63) is 53.8 Å². The second-order valence-electron chi connectivity index (χ2n) is 7.40. The lowest BCUT2D eigenvalue weighted by Gasteiger charge is -2.23. The molecule has 0 aromatic heterocycles. The molecule has 162 valence electrons. The predicted molar refractivity (Wildman–Crippen MR) is 118 cm³/mol. The number of benzene rings is 2. The van der Waals surface area contributed by atoms with E-state index in [2.05, 4.69) is 12.2 Å². The molecule has 0 saturated heterocycles. The first-order chi connectivity index (χ1) is 14.5. The zero-order valence-electron chi connectivity index (χ0n) is 17.8. The zero-order valence-corrected chi connectivity index (χ0v) is 17.8. The smallest absolute Gasteiger partial charge is 0.321 e.